The zero-order valence-electron chi connectivity index (χ0n) is 15.6. The molecule has 1 saturated heterocycles. The summed E-state index contributed by atoms with van der Waals surface area (Å²) in [5.41, 5.74) is 3.30. The van der Waals surface area contributed by atoms with Crippen molar-refractivity contribution in [3.05, 3.63) is 66.4 Å². The Balaban J connectivity index is 1.44. The molecule has 0 radical (unpaired) electrons. The predicted octanol–water partition coefficient (Wildman–Crippen LogP) is 3.43. The Bertz CT molecular complexity index is 882. The zero-order chi connectivity index (χ0) is 18.6. The van der Waals surface area contributed by atoms with Crippen LogP contribution in [-0.4, -0.2) is 45.8 Å². The fourth-order valence-electron chi connectivity index (χ4n) is 3.54. The van der Waals surface area contributed by atoms with Crippen LogP contribution in [-0.2, 0) is 13.1 Å². The summed E-state index contributed by atoms with van der Waals surface area (Å²) in [4.78, 5) is 9.40. The third kappa shape index (κ3) is 4.01. The molecule has 0 aliphatic carbocycles. The standard InChI is InChI=1S/C21H24FN5/c1-2-27-16-17(14-24-27)15-25-10-12-26(13-11-25)21-20(4-3-9-23-21)18-5-7-19(22)8-6-18/h3-9,14,16H,2,10-13,15H2,1H3. The molecule has 4 rings (SSSR count). The number of hydrogen-bond acceptors (Lipinski definition) is 4. The number of pyridine rings is 1. The monoisotopic (exact) mass is 365 g/mol. The molecule has 1 aromatic carbocycles. The quantitative estimate of drug-likeness (QED) is 0.694. The van der Waals surface area contributed by atoms with Crippen LogP contribution in [0, 0.1) is 5.82 Å². The molecule has 3 heterocycles. The molecule has 3 aromatic rings. The molecule has 0 unspecified atom stereocenters. The van der Waals surface area contributed by atoms with Crippen molar-refractivity contribution in [2.24, 2.45) is 0 Å². The molecule has 0 amide bonds. The van der Waals surface area contributed by atoms with Gasteiger partial charge in [0.2, 0.25) is 0 Å². The average Bonchev–Trinajstić information content (AvgIpc) is 3.17. The van der Waals surface area contributed by atoms with Crippen molar-refractivity contribution < 1.29 is 4.39 Å². The van der Waals surface area contributed by atoms with Gasteiger partial charge in [0, 0.05) is 62.8 Å². The number of aryl methyl sites for hydroxylation is 1. The van der Waals surface area contributed by atoms with Crippen LogP contribution in [0.3, 0.4) is 0 Å². The highest BCUT2D eigenvalue weighted by molar-refractivity contribution is 5.75. The van der Waals surface area contributed by atoms with Crippen LogP contribution in [0.25, 0.3) is 11.1 Å². The van der Waals surface area contributed by atoms with Gasteiger partial charge in [0.05, 0.1) is 6.20 Å². The van der Waals surface area contributed by atoms with Gasteiger partial charge in [0.25, 0.3) is 0 Å². The highest BCUT2D eigenvalue weighted by Crippen LogP contribution is 2.29. The van der Waals surface area contributed by atoms with E-state index in [9.17, 15) is 4.39 Å². The number of anilines is 1. The molecule has 6 heteroatoms. The van der Waals surface area contributed by atoms with Crippen molar-refractivity contribution >= 4 is 5.82 Å². The number of hydrogen-bond donors (Lipinski definition) is 0. The van der Waals surface area contributed by atoms with Crippen LogP contribution in [0.4, 0.5) is 10.2 Å². The highest BCUT2D eigenvalue weighted by atomic mass is 19.1. The Morgan fingerprint density at radius 2 is 1.81 bits per heavy atom. The van der Waals surface area contributed by atoms with Gasteiger partial charge in [0.1, 0.15) is 11.6 Å². The fourth-order valence-corrected chi connectivity index (χ4v) is 3.54. The Morgan fingerprint density at radius 3 is 2.52 bits per heavy atom. The van der Waals surface area contributed by atoms with Crippen LogP contribution < -0.4 is 4.90 Å². The van der Waals surface area contributed by atoms with E-state index in [1.54, 1.807) is 0 Å². The van der Waals surface area contributed by atoms with Crippen molar-refractivity contribution in [1.82, 2.24) is 19.7 Å². The van der Waals surface area contributed by atoms with Gasteiger partial charge < -0.3 is 4.90 Å². The van der Waals surface area contributed by atoms with Gasteiger partial charge in [-0.05, 0) is 36.8 Å². The predicted molar refractivity (Wildman–Crippen MR) is 105 cm³/mol. The Morgan fingerprint density at radius 1 is 1.04 bits per heavy atom. The molecule has 0 atom stereocenters. The minimum Gasteiger partial charge on any atom is -0.354 e. The van der Waals surface area contributed by atoms with Gasteiger partial charge in [-0.2, -0.15) is 5.10 Å². The van der Waals surface area contributed by atoms with Gasteiger partial charge >= 0.3 is 0 Å². The SMILES string of the molecule is CCn1cc(CN2CCN(c3ncccc3-c3ccc(F)cc3)CC2)cn1. The minimum atomic E-state index is -0.218. The van der Waals surface area contributed by atoms with Gasteiger partial charge in [-0.15, -0.1) is 0 Å². The second kappa shape index (κ2) is 7.88. The largest absolute Gasteiger partial charge is 0.354 e. The second-order valence-electron chi connectivity index (χ2n) is 6.85. The number of aromatic nitrogens is 3. The molecule has 1 fully saturated rings. The van der Waals surface area contributed by atoms with Crippen molar-refractivity contribution in [2.45, 2.75) is 20.0 Å². The van der Waals surface area contributed by atoms with E-state index in [2.05, 4.69) is 39.1 Å². The molecular formula is C21H24FN5. The summed E-state index contributed by atoms with van der Waals surface area (Å²) in [6.07, 6.45) is 5.91. The normalized spacial score (nSPS) is 15.3. The molecule has 140 valence electrons. The highest BCUT2D eigenvalue weighted by Gasteiger charge is 2.21. The Hall–Kier alpha value is -2.73. The topological polar surface area (TPSA) is 37.2 Å². The average molecular weight is 365 g/mol. The summed E-state index contributed by atoms with van der Waals surface area (Å²) >= 11 is 0. The minimum absolute atomic E-state index is 0.218. The molecule has 2 aromatic heterocycles. The fraction of sp³-hybridized carbons (Fsp3) is 0.333. The first-order valence-corrected chi connectivity index (χ1v) is 9.42. The summed E-state index contributed by atoms with van der Waals surface area (Å²) in [6.45, 7) is 7.75. The van der Waals surface area contributed by atoms with Crippen molar-refractivity contribution in [3.63, 3.8) is 0 Å². The molecule has 0 spiro atoms. The smallest absolute Gasteiger partial charge is 0.136 e. The number of rotatable bonds is 5. The lowest BCUT2D eigenvalue weighted by Gasteiger charge is -2.36. The van der Waals surface area contributed by atoms with Crippen molar-refractivity contribution in [2.75, 3.05) is 31.1 Å². The van der Waals surface area contributed by atoms with Gasteiger partial charge in [-0.1, -0.05) is 12.1 Å². The lowest BCUT2D eigenvalue weighted by Crippen LogP contribution is -2.46. The summed E-state index contributed by atoms with van der Waals surface area (Å²) in [5.74, 6) is 0.756. The molecule has 27 heavy (non-hydrogen) atoms. The van der Waals surface area contributed by atoms with Crippen LogP contribution in [0.2, 0.25) is 0 Å². The maximum atomic E-state index is 13.3. The van der Waals surface area contributed by atoms with Crippen molar-refractivity contribution in [3.8, 4) is 11.1 Å². The van der Waals surface area contributed by atoms with E-state index in [-0.39, 0.29) is 5.82 Å². The van der Waals surface area contributed by atoms with Gasteiger partial charge in [-0.3, -0.25) is 9.58 Å². The van der Waals surface area contributed by atoms with E-state index in [1.807, 2.05) is 35.3 Å². The molecule has 0 N–H and O–H groups in total. The van der Waals surface area contributed by atoms with Crippen molar-refractivity contribution in [1.29, 1.82) is 0 Å². The maximum Gasteiger partial charge on any atom is 0.136 e. The maximum absolute atomic E-state index is 13.3. The summed E-state index contributed by atoms with van der Waals surface area (Å²) in [5, 5.41) is 4.36. The van der Waals surface area contributed by atoms with E-state index in [1.165, 1.54) is 17.7 Å². The van der Waals surface area contributed by atoms with Gasteiger partial charge in [-0.25, -0.2) is 9.37 Å². The Kier molecular flexibility index (Phi) is 5.16. The molecule has 1 aliphatic heterocycles. The lowest BCUT2D eigenvalue weighted by atomic mass is 10.1. The third-order valence-corrected chi connectivity index (χ3v) is 5.03. The van der Waals surface area contributed by atoms with E-state index in [4.69, 9.17) is 0 Å². The first kappa shape index (κ1) is 17.7. The molecule has 0 bridgehead atoms. The van der Waals surface area contributed by atoms with E-state index in [0.717, 1.165) is 56.2 Å². The lowest BCUT2D eigenvalue weighted by molar-refractivity contribution is 0.249. The van der Waals surface area contributed by atoms with Crippen LogP contribution in [0.5, 0.6) is 0 Å². The molecule has 5 nitrogen and oxygen atoms in total. The molecule has 0 saturated carbocycles. The van der Waals surface area contributed by atoms with Crippen LogP contribution >= 0.6 is 0 Å². The van der Waals surface area contributed by atoms with E-state index in [0.29, 0.717) is 0 Å². The molecular weight excluding hydrogens is 341 g/mol. The summed E-state index contributed by atoms with van der Waals surface area (Å²) in [6, 6.07) is 10.6. The second-order valence-corrected chi connectivity index (χ2v) is 6.85. The summed E-state index contributed by atoms with van der Waals surface area (Å²) < 4.78 is 15.2. The van der Waals surface area contributed by atoms with Crippen LogP contribution in [0.1, 0.15) is 12.5 Å². The first-order valence-electron chi connectivity index (χ1n) is 9.42. The number of nitrogens with zero attached hydrogens (tertiary/aromatic N) is 5. The first-order chi connectivity index (χ1) is 13.2. The number of piperazine rings is 1. The van der Waals surface area contributed by atoms with E-state index < -0.39 is 0 Å². The number of benzene rings is 1. The number of halogens is 1. The molecule has 1 aliphatic rings. The third-order valence-electron chi connectivity index (χ3n) is 5.03. The zero-order valence-corrected chi connectivity index (χ0v) is 15.6. The van der Waals surface area contributed by atoms with Gasteiger partial charge in [0.15, 0.2) is 0 Å². The van der Waals surface area contributed by atoms with E-state index >= 15 is 0 Å². The summed E-state index contributed by atoms with van der Waals surface area (Å²) in [7, 11) is 0. The Labute approximate surface area is 159 Å². The van der Waals surface area contributed by atoms with Crippen LogP contribution in [0.15, 0.2) is 55.0 Å².